The molecule has 1 aromatic heterocycles. The Balaban J connectivity index is 1.83. The number of furan rings is 1. The zero-order valence-corrected chi connectivity index (χ0v) is 12.0. The van der Waals surface area contributed by atoms with Gasteiger partial charge in [-0.25, -0.2) is 0 Å². The minimum atomic E-state index is -0.126. The van der Waals surface area contributed by atoms with Crippen molar-refractivity contribution in [3.05, 3.63) is 24.2 Å². The Labute approximate surface area is 118 Å². The molecule has 6 heteroatoms. The van der Waals surface area contributed by atoms with Crippen LogP contribution in [0.4, 0.5) is 0 Å². The summed E-state index contributed by atoms with van der Waals surface area (Å²) in [6.07, 6.45) is 3.02. The first-order chi connectivity index (χ1) is 9.58. The molecule has 20 heavy (non-hydrogen) atoms. The van der Waals surface area contributed by atoms with Crippen molar-refractivity contribution in [2.24, 2.45) is 0 Å². The van der Waals surface area contributed by atoms with Gasteiger partial charge in [0.2, 0.25) is 11.8 Å². The highest BCUT2D eigenvalue weighted by Crippen LogP contribution is 2.17. The largest absolute Gasteiger partial charge is 0.468 e. The Hall–Kier alpha value is -1.82. The molecule has 1 aromatic rings. The van der Waals surface area contributed by atoms with E-state index in [4.69, 9.17) is 4.42 Å². The molecule has 1 saturated heterocycles. The summed E-state index contributed by atoms with van der Waals surface area (Å²) in [5.41, 5.74) is 0. The molecule has 1 aliphatic heterocycles. The molecule has 0 radical (unpaired) electrons. The number of nitrogens with zero attached hydrogens (tertiary/aromatic N) is 2. The van der Waals surface area contributed by atoms with Gasteiger partial charge in [-0.1, -0.05) is 0 Å². The molecule has 6 nitrogen and oxygen atoms in total. The molecule has 2 amide bonds. The number of hydrogen-bond acceptors (Lipinski definition) is 4. The molecule has 1 N–H and O–H groups in total. The average Bonchev–Trinajstić information content (AvgIpc) is 3.02. The fraction of sp³-hybridized carbons (Fsp3) is 0.571. The second-order valence-electron chi connectivity index (χ2n) is 5.22. The second kappa shape index (κ2) is 6.56. The first-order valence-electron chi connectivity index (χ1n) is 6.82. The summed E-state index contributed by atoms with van der Waals surface area (Å²) >= 11 is 0. The zero-order chi connectivity index (χ0) is 14.5. The van der Waals surface area contributed by atoms with E-state index in [1.54, 1.807) is 11.2 Å². The Bertz CT molecular complexity index is 456. The highest BCUT2D eigenvalue weighted by atomic mass is 16.3. The number of amides is 2. The van der Waals surface area contributed by atoms with E-state index in [0.29, 0.717) is 19.5 Å². The van der Waals surface area contributed by atoms with Crippen LogP contribution in [0.25, 0.3) is 0 Å². The first kappa shape index (κ1) is 14.6. The third-order valence-electron chi connectivity index (χ3n) is 3.49. The van der Waals surface area contributed by atoms with Crippen LogP contribution in [0.2, 0.25) is 0 Å². The maximum absolute atomic E-state index is 11.9. The van der Waals surface area contributed by atoms with Gasteiger partial charge in [0.25, 0.3) is 0 Å². The van der Waals surface area contributed by atoms with Gasteiger partial charge in [0.05, 0.1) is 18.8 Å². The molecule has 0 spiro atoms. The molecule has 1 aliphatic rings. The van der Waals surface area contributed by atoms with Gasteiger partial charge in [0, 0.05) is 19.5 Å². The molecule has 2 rings (SSSR count). The summed E-state index contributed by atoms with van der Waals surface area (Å²) in [6, 6.07) is 3.71. The van der Waals surface area contributed by atoms with Gasteiger partial charge in [0.15, 0.2) is 0 Å². The molecule has 0 aromatic carbocycles. The van der Waals surface area contributed by atoms with Crippen molar-refractivity contribution >= 4 is 11.8 Å². The predicted molar refractivity (Wildman–Crippen MR) is 74.0 cm³/mol. The predicted octanol–water partition coefficient (Wildman–Crippen LogP) is 0.621. The minimum absolute atomic E-state index is 0.0109. The summed E-state index contributed by atoms with van der Waals surface area (Å²) in [4.78, 5) is 26.9. The van der Waals surface area contributed by atoms with Crippen LogP contribution >= 0.6 is 0 Å². The topological polar surface area (TPSA) is 65.8 Å². The van der Waals surface area contributed by atoms with E-state index >= 15 is 0 Å². The number of nitrogens with one attached hydrogen (secondary N) is 1. The van der Waals surface area contributed by atoms with Crippen molar-refractivity contribution in [2.45, 2.75) is 18.9 Å². The number of carbonyl (C=O) groups excluding carboxylic acids is 2. The molecule has 110 valence electrons. The van der Waals surface area contributed by atoms with Gasteiger partial charge in [-0.2, -0.15) is 0 Å². The SMILES string of the molecule is CN(C)[C@H](CNC(=O)CN1CCCC1=O)c1ccco1. The van der Waals surface area contributed by atoms with Crippen molar-refractivity contribution in [3.63, 3.8) is 0 Å². The lowest BCUT2D eigenvalue weighted by molar-refractivity contribution is -0.133. The number of likely N-dealkylation sites (tertiary alicyclic amines) is 1. The van der Waals surface area contributed by atoms with E-state index in [1.165, 1.54) is 0 Å². The molecule has 2 heterocycles. The smallest absolute Gasteiger partial charge is 0.239 e. The Morgan fingerprint density at radius 2 is 2.35 bits per heavy atom. The van der Waals surface area contributed by atoms with Crippen LogP contribution in [0.3, 0.4) is 0 Å². The second-order valence-corrected chi connectivity index (χ2v) is 5.22. The molecule has 1 atom stereocenters. The van der Waals surface area contributed by atoms with Crippen LogP contribution in [0, 0.1) is 0 Å². The molecular weight excluding hydrogens is 258 g/mol. The minimum Gasteiger partial charge on any atom is -0.468 e. The standard InChI is InChI=1S/C14H21N3O3/c1-16(2)11(12-5-4-8-20-12)9-15-13(18)10-17-7-3-6-14(17)19/h4-5,8,11H,3,6-7,9-10H2,1-2H3,(H,15,18)/t11-/m1/s1. The third kappa shape index (κ3) is 3.60. The average molecular weight is 279 g/mol. The molecule has 0 aliphatic carbocycles. The fourth-order valence-electron chi connectivity index (χ4n) is 2.33. The number of carbonyl (C=O) groups is 2. The van der Waals surface area contributed by atoms with E-state index in [0.717, 1.165) is 12.2 Å². The maximum Gasteiger partial charge on any atom is 0.239 e. The van der Waals surface area contributed by atoms with Crippen LogP contribution in [0.5, 0.6) is 0 Å². The zero-order valence-electron chi connectivity index (χ0n) is 12.0. The number of likely N-dealkylation sites (N-methyl/N-ethyl adjacent to an activating group) is 1. The van der Waals surface area contributed by atoms with Gasteiger partial charge < -0.3 is 14.6 Å². The van der Waals surface area contributed by atoms with E-state index in [-0.39, 0.29) is 24.4 Å². The summed E-state index contributed by atoms with van der Waals surface area (Å²) < 4.78 is 5.38. The van der Waals surface area contributed by atoms with Crippen molar-refractivity contribution in [1.29, 1.82) is 0 Å². The number of rotatable bonds is 6. The highest BCUT2D eigenvalue weighted by molar-refractivity contribution is 5.85. The quantitative estimate of drug-likeness (QED) is 0.829. The monoisotopic (exact) mass is 279 g/mol. The van der Waals surface area contributed by atoms with Gasteiger partial charge in [0.1, 0.15) is 5.76 Å². The summed E-state index contributed by atoms with van der Waals surface area (Å²) in [5, 5.41) is 2.87. The lowest BCUT2D eigenvalue weighted by Crippen LogP contribution is -2.41. The van der Waals surface area contributed by atoms with Crippen molar-refractivity contribution < 1.29 is 14.0 Å². The normalized spacial score (nSPS) is 16.8. The van der Waals surface area contributed by atoms with Gasteiger partial charge >= 0.3 is 0 Å². The number of hydrogen-bond donors (Lipinski definition) is 1. The van der Waals surface area contributed by atoms with Gasteiger partial charge in [-0.15, -0.1) is 0 Å². The molecule has 0 unspecified atom stereocenters. The fourth-order valence-corrected chi connectivity index (χ4v) is 2.33. The van der Waals surface area contributed by atoms with Crippen LogP contribution in [-0.4, -0.2) is 55.3 Å². The van der Waals surface area contributed by atoms with Gasteiger partial charge in [-0.3, -0.25) is 14.5 Å². The van der Waals surface area contributed by atoms with Crippen molar-refractivity contribution in [3.8, 4) is 0 Å². The van der Waals surface area contributed by atoms with Crippen LogP contribution in [0.1, 0.15) is 24.6 Å². The Morgan fingerprint density at radius 1 is 1.55 bits per heavy atom. The third-order valence-corrected chi connectivity index (χ3v) is 3.49. The molecule has 0 bridgehead atoms. The maximum atomic E-state index is 11.9. The first-order valence-corrected chi connectivity index (χ1v) is 6.82. The Kier molecular flexibility index (Phi) is 4.79. The van der Waals surface area contributed by atoms with E-state index in [2.05, 4.69) is 5.32 Å². The van der Waals surface area contributed by atoms with Crippen LogP contribution < -0.4 is 5.32 Å². The van der Waals surface area contributed by atoms with Gasteiger partial charge in [-0.05, 0) is 32.6 Å². The summed E-state index contributed by atoms with van der Waals surface area (Å²) in [6.45, 7) is 1.29. The molecule has 0 saturated carbocycles. The lowest BCUT2D eigenvalue weighted by atomic mass is 10.2. The van der Waals surface area contributed by atoms with Crippen LogP contribution in [-0.2, 0) is 9.59 Å². The highest BCUT2D eigenvalue weighted by Gasteiger charge is 2.23. The van der Waals surface area contributed by atoms with E-state index in [9.17, 15) is 9.59 Å². The van der Waals surface area contributed by atoms with Crippen molar-refractivity contribution in [1.82, 2.24) is 15.1 Å². The molecular formula is C14H21N3O3. The summed E-state index contributed by atoms with van der Waals surface area (Å²) in [7, 11) is 3.87. The lowest BCUT2D eigenvalue weighted by Gasteiger charge is -2.23. The van der Waals surface area contributed by atoms with Crippen LogP contribution in [0.15, 0.2) is 22.8 Å². The molecule has 1 fully saturated rings. The summed E-state index contributed by atoms with van der Waals surface area (Å²) in [5.74, 6) is 0.751. The Morgan fingerprint density at radius 3 is 2.90 bits per heavy atom. The van der Waals surface area contributed by atoms with E-state index in [1.807, 2.05) is 31.1 Å². The van der Waals surface area contributed by atoms with E-state index < -0.39 is 0 Å². The van der Waals surface area contributed by atoms with Crippen molar-refractivity contribution in [2.75, 3.05) is 33.7 Å².